The number of carbonyl (C=O) groups excluding carboxylic acids is 2. The molecule has 1 aromatic carbocycles. The smallest absolute Gasteiger partial charge is 0.255 e. The first-order chi connectivity index (χ1) is 15.5. The van der Waals surface area contributed by atoms with Crippen LogP contribution in [-0.4, -0.2) is 47.9 Å². The second-order valence-corrected chi connectivity index (χ2v) is 8.80. The molecule has 1 aliphatic heterocycles. The number of hydrogen-bond donors (Lipinski definition) is 2. The second kappa shape index (κ2) is 10.0. The highest BCUT2D eigenvalue weighted by Gasteiger charge is 2.26. The maximum Gasteiger partial charge on any atom is 0.255 e. The van der Waals surface area contributed by atoms with Crippen molar-refractivity contribution in [3.05, 3.63) is 53.2 Å². The van der Waals surface area contributed by atoms with Crippen molar-refractivity contribution in [3.63, 3.8) is 0 Å². The molecule has 0 atom stereocenters. The van der Waals surface area contributed by atoms with E-state index in [-0.39, 0.29) is 29.6 Å². The van der Waals surface area contributed by atoms with Crippen molar-refractivity contribution < 1.29 is 14.3 Å². The molecule has 2 aromatic rings. The number of amides is 2. The third-order valence-corrected chi connectivity index (χ3v) is 6.66. The van der Waals surface area contributed by atoms with Gasteiger partial charge in [0.2, 0.25) is 5.91 Å². The standard InChI is InChI=1S/C25H32N4O3/c1-32-20-8-6-17(7-9-20)16-23(30)29-14-12-18(13-15-29)22-11-10-21(24(26)28-22)25(31)27-19-4-2-3-5-19/h6-11,18-19H,2-5,12-16H2,1H3,(H2,26,28)(H,27,31). The van der Waals surface area contributed by atoms with Gasteiger partial charge >= 0.3 is 0 Å². The number of ether oxygens (including phenoxy) is 1. The Hall–Kier alpha value is -3.09. The van der Waals surface area contributed by atoms with Crippen LogP contribution in [0.5, 0.6) is 5.75 Å². The summed E-state index contributed by atoms with van der Waals surface area (Å²) in [6, 6.07) is 11.6. The van der Waals surface area contributed by atoms with Gasteiger partial charge in [0, 0.05) is 30.7 Å². The summed E-state index contributed by atoms with van der Waals surface area (Å²) in [6.45, 7) is 1.40. The Labute approximate surface area is 189 Å². The van der Waals surface area contributed by atoms with Gasteiger partial charge in [-0.2, -0.15) is 0 Å². The van der Waals surface area contributed by atoms with E-state index in [9.17, 15) is 9.59 Å². The van der Waals surface area contributed by atoms with Crippen molar-refractivity contribution >= 4 is 17.6 Å². The van der Waals surface area contributed by atoms with E-state index in [4.69, 9.17) is 10.5 Å². The van der Waals surface area contributed by atoms with Crippen LogP contribution in [0.1, 0.15) is 66.1 Å². The molecule has 170 valence electrons. The Morgan fingerprint density at radius 2 is 1.75 bits per heavy atom. The molecule has 2 fully saturated rings. The Bertz CT molecular complexity index is 946. The Morgan fingerprint density at radius 3 is 2.38 bits per heavy atom. The maximum atomic E-state index is 12.7. The summed E-state index contributed by atoms with van der Waals surface area (Å²) < 4.78 is 5.17. The molecule has 0 spiro atoms. The molecule has 0 radical (unpaired) electrons. The van der Waals surface area contributed by atoms with Crippen LogP contribution in [0.2, 0.25) is 0 Å². The van der Waals surface area contributed by atoms with Crippen LogP contribution in [0.25, 0.3) is 0 Å². The average Bonchev–Trinajstić information content (AvgIpc) is 3.32. The highest BCUT2D eigenvalue weighted by molar-refractivity contribution is 5.98. The summed E-state index contributed by atoms with van der Waals surface area (Å²) in [5.74, 6) is 1.33. The molecule has 3 N–H and O–H groups in total. The van der Waals surface area contributed by atoms with E-state index < -0.39 is 0 Å². The molecule has 7 nitrogen and oxygen atoms in total. The van der Waals surface area contributed by atoms with Crippen LogP contribution in [0.3, 0.4) is 0 Å². The third kappa shape index (κ3) is 5.21. The largest absolute Gasteiger partial charge is 0.497 e. The van der Waals surface area contributed by atoms with Crippen molar-refractivity contribution in [2.75, 3.05) is 25.9 Å². The summed E-state index contributed by atoms with van der Waals surface area (Å²) in [4.78, 5) is 31.7. The van der Waals surface area contributed by atoms with E-state index >= 15 is 0 Å². The van der Waals surface area contributed by atoms with Crippen LogP contribution in [0, 0.1) is 0 Å². The van der Waals surface area contributed by atoms with E-state index in [1.807, 2.05) is 35.2 Å². The quantitative estimate of drug-likeness (QED) is 0.724. The number of nitrogens with two attached hydrogens (primary N) is 1. The van der Waals surface area contributed by atoms with Crippen molar-refractivity contribution in [3.8, 4) is 5.75 Å². The van der Waals surface area contributed by atoms with Gasteiger partial charge in [0.05, 0.1) is 19.1 Å². The number of carbonyl (C=O) groups is 2. The van der Waals surface area contributed by atoms with Gasteiger partial charge in [-0.1, -0.05) is 25.0 Å². The van der Waals surface area contributed by atoms with Crippen molar-refractivity contribution in [1.82, 2.24) is 15.2 Å². The highest BCUT2D eigenvalue weighted by Crippen LogP contribution is 2.28. The molecule has 2 amide bonds. The SMILES string of the molecule is COc1ccc(CC(=O)N2CCC(c3ccc(C(=O)NC4CCCC4)c(N)n3)CC2)cc1. The molecular formula is C25H32N4O3. The number of anilines is 1. The van der Waals surface area contributed by atoms with Gasteiger partial charge in [0.1, 0.15) is 11.6 Å². The van der Waals surface area contributed by atoms with E-state index in [0.29, 0.717) is 25.1 Å². The maximum absolute atomic E-state index is 12.7. The van der Waals surface area contributed by atoms with Gasteiger partial charge < -0.3 is 20.7 Å². The lowest BCUT2D eigenvalue weighted by molar-refractivity contribution is -0.131. The number of hydrogen-bond acceptors (Lipinski definition) is 5. The molecule has 1 saturated heterocycles. The van der Waals surface area contributed by atoms with Gasteiger partial charge in [-0.3, -0.25) is 9.59 Å². The van der Waals surface area contributed by atoms with Gasteiger partial charge in [-0.15, -0.1) is 0 Å². The monoisotopic (exact) mass is 436 g/mol. The zero-order valence-electron chi connectivity index (χ0n) is 18.7. The van der Waals surface area contributed by atoms with Crippen molar-refractivity contribution in [2.24, 2.45) is 0 Å². The molecule has 2 aliphatic rings. The zero-order chi connectivity index (χ0) is 22.5. The predicted molar refractivity (Wildman–Crippen MR) is 124 cm³/mol. The topological polar surface area (TPSA) is 97.5 Å². The van der Waals surface area contributed by atoms with Gasteiger partial charge in [-0.25, -0.2) is 4.98 Å². The number of benzene rings is 1. The summed E-state index contributed by atoms with van der Waals surface area (Å²) in [6.07, 6.45) is 6.48. The highest BCUT2D eigenvalue weighted by atomic mass is 16.5. The minimum Gasteiger partial charge on any atom is -0.497 e. The first kappa shape index (κ1) is 22.1. The first-order valence-electron chi connectivity index (χ1n) is 11.5. The van der Waals surface area contributed by atoms with Crippen LogP contribution in [0.4, 0.5) is 5.82 Å². The van der Waals surface area contributed by atoms with E-state index in [1.54, 1.807) is 13.2 Å². The first-order valence-corrected chi connectivity index (χ1v) is 11.5. The summed E-state index contributed by atoms with van der Waals surface area (Å²) in [5, 5.41) is 3.07. The van der Waals surface area contributed by atoms with Crippen molar-refractivity contribution in [1.29, 1.82) is 0 Å². The lowest BCUT2D eigenvalue weighted by Gasteiger charge is -2.32. The number of rotatable bonds is 6. The number of aromatic nitrogens is 1. The van der Waals surface area contributed by atoms with Gasteiger partial charge in [0.15, 0.2) is 0 Å². The number of likely N-dealkylation sites (tertiary alicyclic amines) is 1. The lowest BCUT2D eigenvalue weighted by atomic mass is 9.92. The fourth-order valence-electron chi connectivity index (χ4n) is 4.70. The van der Waals surface area contributed by atoms with Crippen LogP contribution in [-0.2, 0) is 11.2 Å². The number of methoxy groups -OCH3 is 1. The average molecular weight is 437 g/mol. The van der Waals surface area contributed by atoms with Crippen LogP contribution in [0.15, 0.2) is 36.4 Å². The molecule has 1 aromatic heterocycles. The normalized spacial score (nSPS) is 17.3. The number of pyridine rings is 1. The van der Waals surface area contributed by atoms with E-state index in [0.717, 1.165) is 42.7 Å². The predicted octanol–water partition coefficient (Wildman–Crippen LogP) is 3.29. The van der Waals surface area contributed by atoms with Crippen LogP contribution >= 0.6 is 0 Å². The summed E-state index contributed by atoms with van der Waals surface area (Å²) in [7, 11) is 1.63. The number of piperidine rings is 1. The fourth-order valence-corrected chi connectivity index (χ4v) is 4.70. The number of nitrogens with zero attached hydrogens (tertiary/aromatic N) is 2. The molecule has 32 heavy (non-hydrogen) atoms. The molecular weight excluding hydrogens is 404 g/mol. The third-order valence-electron chi connectivity index (χ3n) is 6.66. The molecule has 1 aliphatic carbocycles. The molecule has 4 rings (SSSR count). The van der Waals surface area contributed by atoms with Crippen LogP contribution < -0.4 is 15.8 Å². The van der Waals surface area contributed by atoms with Gasteiger partial charge in [0.25, 0.3) is 5.91 Å². The molecule has 0 unspecified atom stereocenters. The van der Waals surface area contributed by atoms with E-state index in [1.165, 1.54) is 12.8 Å². The molecule has 7 heteroatoms. The molecule has 1 saturated carbocycles. The lowest BCUT2D eigenvalue weighted by Crippen LogP contribution is -2.39. The molecule has 0 bridgehead atoms. The Kier molecular flexibility index (Phi) is 6.93. The summed E-state index contributed by atoms with van der Waals surface area (Å²) in [5.41, 5.74) is 8.48. The van der Waals surface area contributed by atoms with Gasteiger partial charge in [-0.05, 0) is 55.5 Å². The Morgan fingerprint density at radius 1 is 1.06 bits per heavy atom. The Balaban J connectivity index is 1.30. The second-order valence-electron chi connectivity index (χ2n) is 8.80. The molecule has 2 heterocycles. The fraction of sp³-hybridized carbons (Fsp3) is 0.480. The zero-order valence-corrected chi connectivity index (χ0v) is 18.7. The number of nitrogen functional groups attached to an aromatic ring is 1. The number of nitrogens with one attached hydrogen (secondary N) is 1. The summed E-state index contributed by atoms with van der Waals surface area (Å²) >= 11 is 0. The van der Waals surface area contributed by atoms with Crippen molar-refractivity contribution in [2.45, 2.75) is 56.9 Å². The van der Waals surface area contributed by atoms with E-state index in [2.05, 4.69) is 10.3 Å². The minimum atomic E-state index is -0.132. The minimum absolute atomic E-state index is 0.132.